The van der Waals surface area contributed by atoms with Crippen molar-refractivity contribution in [1.82, 2.24) is 0 Å². The van der Waals surface area contributed by atoms with E-state index in [4.69, 9.17) is 0 Å². The van der Waals surface area contributed by atoms with E-state index in [1.54, 1.807) is 35.2 Å². The molecule has 0 saturated carbocycles. The highest BCUT2D eigenvalue weighted by Gasteiger charge is 2.25. The van der Waals surface area contributed by atoms with Gasteiger partial charge in [0, 0.05) is 30.4 Å². The summed E-state index contributed by atoms with van der Waals surface area (Å²) in [6.45, 7) is 1.98. The summed E-state index contributed by atoms with van der Waals surface area (Å²) in [5.41, 5.74) is 2.79. The van der Waals surface area contributed by atoms with E-state index in [1.807, 2.05) is 0 Å². The highest BCUT2D eigenvalue weighted by molar-refractivity contribution is 6.07. The van der Waals surface area contributed by atoms with Crippen molar-refractivity contribution in [2.45, 2.75) is 13.3 Å². The number of nitrogens with zero attached hydrogens (tertiary/aromatic N) is 1. The fourth-order valence-electron chi connectivity index (χ4n) is 2.64. The van der Waals surface area contributed by atoms with Crippen LogP contribution in [0.5, 0.6) is 0 Å². The molecule has 0 atom stereocenters. The number of carbonyl (C=O) groups is 2. The minimum atomic E-state index is -0.285. The van der Waals surface area contributed by atoms with Crippen LogP contribution in [-0.4, -0.2) is 18.4 Å². The van der Waals surface area contributed by atoms with Crippen molar-refractivity contribution in [3.63, 3.8) is 0 Å². The van der Waals surface area contributed by atoms with Crippen LogP contribution in [0.25, 0.3) is 0 Å². The molecule has 1 heterocycles. The lowest BCUT2D eigenvalue weighted by atomic mass is 10.1. The molecule has 0 aliphatic carbocycles. The number of carbonyl (C=O) groups excluding carboxylic acids is 2. The fourth-order valence-corrected chi connectivity index (χ4v) is 2.64. The molecule has 5 heteroatoms. The van der Waals surface area contributed by atoms with Crippen LogP contribution >= 0.6 is 0 Å². The molecule has 2 aromatic rings. The molecular formula is C17H15FN2O2. The molecule has 4 nitrogen and oxygen atoms in total. The molecule has 0 fully saturated rings. The number of hydrogen-bond donors (Lipinski definition) is 1. The van der Waals surface area contributed by atoms with E-state index in [2.05, 4.69) is 5.32 Å². The quantitative estimate of drug-likeness (QED) is 0.926. The van der Waals surface area contributed by atoms with Gasteiger partial charge in [0.1, 0.15) is 5.82 Å². The van der Waals surface area contributed by atoms with Crippen molar-refractivity contribution in [2.24, 2.45) is 0 Å². The maximum Gasteiger partial charge on any atom is 0.258 e. The SMILES string of the molecule is CC(=O)Nc1ccc(C(=O)N2CCc3cc(F)ccc32)cc1. The third kappa shape index (κ3) is 2.70. The number of fused-ring (bicyclic) bond motifs is 1. The molecule has 2 amide bonds. The van der Waals surface area contributed by atoms with Crippen LogP contribution in [0.1, 0.15) is 22.8 Å². The Bertz CT molecular complexity index is 741. The predicted octanol–water partition coefficient (Wildman–Crippen LogP) is 2.99. The molecule has 0 saturated heterocycles. The van der Waals surface area contributed by atoms with Crippen molar-refractivity contribution in [2.75, 3.05) is 16.8 Å². The minimum Gasteiger partial charge on any atom is -0.326 e. The molecule has 0 aromatic heterocycles. The Kier molecular flexibility index (Phi) is 3.63. The Hall–Kier alpha value is -2.69. The molecule has 1 aliphatic heterocycles. The first-order chi connectivity index (χ1) is 10.5. The van der Waals surface area contributed by atoms with Gasteiger partial charge in [-0.1, -0.05) is 0 Å². The number of nitrogens with one attached hydrogen (secondary N) is 1. The lowest BCUT2D eigenvalue weighted by Gasteiger charge is -2.17. The topological polar surface area (TPSA) is 49.4 Å². The first-order valence-electron chi connectivity index (χ1n) is 7.02. The van der Waals surface area contributed by atoms with Crippen LogP contribution in [0.2, 0.25) is 0 Å². The van der Waals surface area contributed by atoms with Crippen LogP contribution in [-0.2, 0) is 11.2 Å². The summed E-state index contributed by atoms with van der Waals surface area (Å²) >= 11 is 0. The van der Waals surface area contributed by atoms with E-state index in [0.29, 0.717) is 24.2 Å². The maximum absolute atomic E-state index is 13.2. The van der Waals surface area contributed by atoms with Gasteiger partial charge in [-0.3, -0.25) is 9.59 Å². The first-order valence-corrected chi connectivity index (χ1v) is 7.02. The zero-order valence-electron chi connectivity index (χ0n) is 12.1. The fraction of sp³-hybridized carbons (Fsp3) is 0.176. The largest absolute Gasteiger partial charge is 0.326 e. The van der Waals surface area contributed by atoms with Gasteiger partial charge in [-0.2, -0.15) is 0 Å². The van der Waals surface area contributed by atoms with Crippen LogP contribution < -0.4 is 10.2 Å². The van der Waals surface area contributed by atoms with Crippen molar-refractivity contribution < 1.29 is 14.0 Å². The number of benzene rings is 2. The molecule has 112 valence electrons. The van der Waals surface area contributed by atoms with E-state index in [1.165, 1.54) is 19.1 Å². The van der Waals surface area contributed by atoms with Gasteiger partial charge in [-0.15, -0.1) is 0 Å². The number of rotatable bonds is 2. The van der Waals surface area contributed by atoms with Gasteiger partial charge in [-0.05, 0) is 54.4 Å². The Labute approximate surface area is 127 Å². The van der Waals surface area contributed by atoms with E-state index < -0.39 is 0 Å². The Morgan fingerprint density at radius 3 is 2.55 bits per heavy atom. The van der Waals surface area contributed by atoms with Crippen molar-refractivity contribution in [3.05, 3.63) is 59.4 Å². The monoisotopic (exact) mass is 298 g/mol. The third-order valence-electron chi connectivity index (χ3n) is 3.63. The second kappa shape index (κ2) is 5.60. The zero-order chi connectivity index (χ0) is 15.7. The normalized spacial score (nSPS) is 12.9. The molecule has 0 unspecified atom stereocenters. The summed E-state index contributed by atoms with van der Waals surface area (Å²) in [5, 5.41) is 2.66. The van der Waals surface area contributed by atoms with Gasteiger partial charge < -0.3 is 10.2 Å². The van der Waals surface area contributed by atoms with Crippen molar-refractivity contribution >= 4 is 23.2 Å². The van der Waals surface area contributed by atoms with E-state index >= 15 is 0 Å². The molecule has 1 aliphatic rings. The van der Waals surface area contributed by atoms with Gasteiger partial charge in [0.2, 0.25) is 5.91 Å². The zero-order valence-corrected chi connectivity index (χ0v) is 12.1. The van der Waals surface area contributed by atoms with Gasteiger partial charge in [0.25, 0.3) is 5.91 Å². The van der Waals surface area contributed by atoms with E-state index in [-0.39, 0.29) is 17.6 Å². The summed E-state index contributed by atoms with van der Waals surface area (Å²) < 4.78 is 13.2. The predicted molar refractivity (Wildman–Crippen MR) is 82.5 cm³/mol. The second-order valence-corrected chi connectivity index (χ2v) is 5.24. The molecular weight excluding hydrogens is 283 g/mol. The molecule has 0 bridgehead atoms. The molecule has 1 N–H and O–H groups in total. The Morgan fingerprint density at radius 2 is 1.86 bits per heavy atom. The van der Waals surface area contributed by atoms with Gasteiger partial charge >= 0.3 is 0 Å². The molecule has 3 rings (SSSR count). The van der Waals surface area contributed by atoms with Crippen LogP contribution in [0.15, 0.2) is 42.5 Å². The lowest BCUT2D eigenvalue weighted by Crippen LogP contribution is -2.28. The Balaban J connectivity index is 1.82. The summed E-state index contributed by atoms with van der Waals surface area (Å²) in [5.74, 6) is -0.568. The average molecular weight is 298 g/mol. The number of hydrogen-bond acceptors (Lipinski definition) is 2. The minimum absolute atomic E-state index is 0.125. The number of anilines is 2. The summed E-state index contributed by atoms with van der Waals surface area (Å²) in [6.07, 6.45) is 0.656. The Morgan fingerprint density at radius 1 is 1.14 bits per heavy atom. The highest BCUT2D eigenvalue weighted by Crippen LogP contribution is 2.30. The van der Waals surface area contributed by atoms with Crippen LogP contribution in [0, 0.1) is 5.82 Å². The smallest absolute Gasteiger partial charge is 0.258 e. The summed E-state index contributed by atoms with van der Waals surface area (Å²) in [4.78, 5) is 25.2. The standard InChI is InChI=1S/C17H15FN2O2/c1-11(21)19-15-5-2-12(3-6-15)17(22)20-9-8-13-10-14(18)4-7-16(13)20/h2-7,10H,8-9H2,1H3,(H,19,21). The molecule has 0 radical (unpaired) electrons. The average Bonchev–Trinajstić information content (AvgIpc) is 2.89. The van der Waals surface area contributed by atoms with Gasteiger partial charge in [0.15, 0.2) is 0 Å². The summed E-state index contributed by atoms with van der Waals surface area (Å²) in [7, 11) is 0. The summed E-state index contributed by atoms with van der Waals surface area (Å²) in [6, 6.07) is 11.2. The van der Waals surface area contributed by atoms with Crippen molar-refractivity contribution in [1.29, 1.82) is 0 Å². The van der Waals surface area contributed by atoms with E-state index in [9.17, 15) is 14.0 Å². The second-order valence-electron chi connectivity index (χ2n) is 5.24. The van der Waals surface area contributed by atoms with Gasteiger partial charge in [0.05, 0.1) is 0 Å². The first kappa shape index (κ1) is 14.3. The van der Waals surface area contributed by atoms with Crippen LogP contribution in [0.4, 0.5) is 15.8 Å². The third-order valence-corrected chi connectivity index (χ3v) is 3.63. The number of halogens is 1. The molecule has 0 spiro atoms. The van der Waals surface area contributed by atoms with Crippen LogP contribution in [0.3, 0.4) is 0 Å². The molecule has 2 aromatic carbocycles. The number of amides is 2. The molecule has 22 heavy (non-hydrogen) atoms. The lowest BCUT2D eigenvalue weighted by molar-refractivity contribution is -0.114. The van der Waals surface area contributed by atoms with Gasteiger partial charge in [-0.25, -0.2) is 4.39 Å². The highest BCUT2D eigenvalue weighted by atomic mass is 19.1. The maximum atomic E-state index is 13.2. The van der Waals surface area contributed by atoms with E-state index in [0.717, 1.165) is 11.3 Å². The van der Waals surface area contributed by atoms with Crippen molar-refractivity contribution in [3.8, 4) is 0 Å².